The highest BCUT2D eigenvalue weighted by Crippen LogP contribution is 2.30. The predicted octanol–water partition coefficient (Wildman–Crippen LogP) is 4.49. The lowest BCUT2D eigenvalue weighted by Crippen LogP contribution is -2.24. The number of benzene rings is 1. The van der Waals surface area contributed by atoms with Crippen LogP contribution in [-0.4, -0.2) is 27.1 Å². The number of aromatic nitrogens is 3. The molecule has 28 heavy (non-hydrogen) atoms. The lowest BCUT2D eigenvalue weighted by Gasteiger charge is -2.06. The number of pyridine rings is 1. The van der Waals surface area contributed by atoms with Crippen LogP contribution in [0.15, 0.2) is 47.1 Å². The summed E-state index contributed by atoms with van der Waals surface area (Å²) in [5.74, 6) is -3.59. The summed E-state index contributed by atoms with van der Waals surface area (Å²) in [6.45, 7) is 0. The molecule has 0 N–H and O–H groups in total. The highest BCUT2D eigenvalue weighted by atomic mass is 19.4. The van der Waals surface area contributed by atoms with Crippen LogP contribution >= 0.6 is 0 Å². The van der Waals surface area contributed by atoms with Crippen LogP contribution in [0.5, 0.6) is 0 Å². The molecule has 0 aliphatic rings. The number of hydrogen-bond acceptors (Lipinski definition) is 5. The summed E-state index contributed by atoms with van der Waals surface area (Å²) in [7, 11) is 0. The zero-order chi connectivity index (χ0) is 20.5. The lowest BCUT2D eigenvalue weighted by molar-refractivity contribution is -0.170. The first-order valence-electron chi connectivity index (χ1n) is 7.61. The number of carbonyl (C=O) groups is 1. The number of ketones is 1. The Hall–Kier alpha value is -3.24. The largest absolute Gasteiger partial charge is 0.471 e. The number of nitrogens with zero attached hydrogens (tertiary/aromatic N) is 3. The van der Waals surface area contributed by atoms with Crippen molar-refractivity contribution in [3.8, 4) is 22.5 Å². The van der Waals surface area contributed by atoms with Gasteiger partial charge in [-0.15, -0.1) is 0 Å². The fraction of sp³-hybridized carbons (Fsp3) is 0.176. The van der Waals surface area contributed by atoms with Gasteiger partial charge in [0.1, 0.15) is 0 Å². The first kappa shape index (κ1) is 19.5. The van der Waals surface area contributed by atoms with Gasteiger partial charge in [0.25, 0.3) is 0 Å². The van der Waals surface area contributed by atoms with Gasteiger partial charge in [0.15, 0.2) is 0 Å². The van der Waals surface area contributed by atoms with Crippen molar-refractivity contribution in [3.05, 3.63) is 54.2 Å². The van der Waals surface area contributed by atoms with Gasteiger partial charge in [-0.1, -0.05) is 35.5 Å². The number of halogens is 6. The zero-order valence-electron chi connectivity index (χ0n) is 13.7. The van der Waals surface area contributed by atoms with Gasteiger partial charge in [0.05, 0.1) is 6.42 Å². The van der Waals surface area contributed by atoms with Crippen LogP contribution in [0.25, 0.3) is 22.5 Å². The number of alkyl halides is 6. The van der Waals surface area contributed by atoms with E-state index in [1.807, 2.05) is 0 Å². The molecule has 0 radical (unpaired) electrons. The minimum Gasteiger partial charge on any atom is -0.329 e. The Balaban J connectivity index is 1.75. The second-order valence-electron chi connectivity index (χ2n) is 5.63. The fourth-order valence-electron chi connectivity index (χ4n) is 2.23. The molecule has 0 atom stereocenters. The third kappa shape index (κ3) is 4.35. The molecule has 0 fully saturated rings. The maximum atomic E-state index is 12.5. The van der Waals surface area contributed by atoms with Crippen molar-refractivity contribution in [2.24, 2.45) is 0 Å². The third-order valence-corrected chi connectivity index (χ3v) is 3.63. The molecular weight excluding hydrogens is 392 g/mol. The van der Waals surface area contributed by atoms with E-state index in [1.165, 1.54) is 30.5 Å². The van der Waals surface area contributed by atoms with Gasteiger partial charge in [0.2, 0.25) is 11.6 Å². The van der Waals surface area contributed by atoms with Crippen LogP contribution in [0.1, 0.15) is 11.6 Å². The molecule has 0 bridgehead atoms. The molecule has 0 aliphatic carbocycles. The van der Waals surface area contributed by atoms with E-state index in [4.69, 9.17) is 0 Å². The smallest absolute Gasteiger partial charge is 0.329 e. The van der Waals surface area contributed by atoms with Gasteiger partial charge in [-0.3, -0.25) is 9.78 Å². The standard InChI is InChI=1S/C17H9F6N3O2/c18-16(19,20)13(27)7-12-6-5-11(8-24-12)9-1-3-10(4-2-9)14-25-15(28-26-14)17(21,22)23/h1-6,8H,7H2. The Labute approximate surface area is 153 Å². The molecule has 3 aromatic rings. The highest BCUT2D eigenvalue weighted by molar-refractivity contribution is 5.85. The first-order chi connectivity index (χ1) is 13.0. The van der Waals surface area contributed by atoms with Gasteiger partial charge >= 0.3 is 18.2 Å². The normalized spacial score (nSPS) is 12.2. The number of carbonyl (C=O) groups excluding carboxylic acids is 1. The summed E-state index contributed by atoms with van der Waals surface area (Å²) in [6.07, 6.45) is -9.23. The van der Waals surface area contributed by atoms with E-state index in [0.29, 0.717) is 11.1 Å². The number of hydrogen-bond donors (Lipinski definition) is 0. The van der Waals surface area contributed by atoms with Crippen LogP contribution in [-0.2, 0) is 17.4 Å². The highest BCUT2D eigenvalue weighted by Gasteiger charge is 2.39. The summed E-state index contributed by atoms with van der Waals surface area (Å²) < 4.78 is 78.4. The summed E-state index contributed by atoms with van der Waals surface area (Å²) in [5, 5.41) is 3.27. The van der Waals surface area contributed by atoms with Crippen LogP contribution in [0.2, 0.25) is 0 Å². The van der Waals surface area contributed by atoms with Crippen molar-refractivity contribution < 1.29 is 35.7 Å². The van der Waals surface area contributed by atoms with E-state index in [2.05, 4.69) is 19.6 Å². The minimum absolute atomic E-state index is 0.0332. The molecule has 5 nitrogen and oxygen atoms in total. The number of rotatable bonds is 4. The average molecular weight is 401 g/mol. The average Bonchev–Trinajstić information content (AvgIpc) is 3.12. The zero-order valence-corrected chi connectivity index (χ0v) is 13.7. The van der Waals surface area contributed by atoms with Crippen molar-refractivity contribution in [1.29, 1.82) is 0 Å². The maximum absolute atomic E-state index is 12.5. The Morgan fingerprint density at radius 1 is 0.893 bits per heavy atom. The van der Waals surface area contributed by atoms with Crippen LogP contribution in [0.3, 0.4) is 0 Å². The molecule has 0 unspecified atom stereocenters. The summed E-state index contributed by atoms with van der Waals surface area (Å²) in [5.41, 5.74) is 1.39. The SMILES string of the molecule is O=C(Cc1ccc(-c2ccc(-c3noc(C(F)(F)F)n3)cc2)cn1)C(F)(F)F. The molecule has 0 spiro atoms. The van der Waals surface area contributed by atoms with Crippen LogP contribution in [0, 0.1) is 0 Å². The Morgan fingerprint density at radius 2 is 1.50 bits per heavy atom. The van der Waals surface area contributed by atoms with Crippen molar-refractivity contribution in [3.63, 3.8) is 0 Å². The molecule has 2 aromatic heterocycles. The maximum Gasteiger partial charge on any atom is 0.471 e. The predicted molar refractivity (Wildman–Crippen MR) is 82.7 cm³/mol. The Morgan fingerprint density at radius 3 is 2.00 bits per heavy atom. The quantitative estimate of drug-likeness (QED) is 0.603. The topological polar surface area (TPSA) is 68.9 Å². The molecule has 3 rings (SSSR count). The molecule has 146 valence electrons. The summed E-state index contributed by atoms with van der Waals surface area (Å²) in [4.78, 5) is 18.1. The molecule has 1 aromatic carbocycles. The summed E-state index contributed by atoms with van der Waals surface area (Å²) >= 11 is 0. The van der Waals surface area contributed by atoms with Crippen molar-refractivity contribution in [2.45, 2.75) is 18.8 Å². The lowest BCUT2D eigenvalue weighted by atomic mass is 10.0. The summed E-state index contributed by atoms with van der Waals surface area (Å²) in [6, 6.07) is 8.80. The van der Waals surface area contributed by atoms with Crippen molar-refractivity contribution in [1.82, 2.24) is 15.1 Å². The van der Waals surface area contributed by atoms with E-state index < -0.39 is 30.4 Å². The van der Waals surface area contributed by atoms with E-state index in [0.717, 1.165) is 0 Å². The van der Waals surface area contributed by atoms with E-state index >= 15 is 0 Å². The molecule has 2 heterocycles. The minimum atomic E-state index is -4.92. The molecular formula is C17H9F6N3O2. The monoisotopic (exact) mass is 401 g/mol. The van der Waals surface area contributed by atoms with E-state index in [9.17, 15) is 31.1 Å². The third-order valence-electron chi connectivity index (χ3n) is 3.63. The van der Waals surface area contributed by atoms with Gasteiger partial charge in [0, 0.05) is 23.0 Å². The van der Waals surface area contributed by atoms with Gasteiger partial charge < -0.3 is 4.52 Å². The molecule has 11 heteroatoms. The number of Topliss-reactive ketones (excluding diaryl/α,β-unsaturated/α-hetero) is 1. The van der Waals surface area contributed by atoms with Crippen LogP contribution < -0.4 is 0 Å². The Bertz CT molecular complexity index is 976. The molecule has 0 saturated heterocycles. The molecule has 0 aliphatic heterocycles. The van der Waals surface area contributed by atoms with Crippen molar-refractivity contribution >= 4 is 5.78 Å². The van der Waals surface area contributed by atoms with E-state index in [-0.39, 0.29) is 17.1 Å². The van der Waals surface area contributed by atoms with Gasteiger partial charge in [-0.25, -0.2) is 0 Å². The first-order valence-corrected chi connectivity index (χ1v) is 7.61. The van der Waals surface area contributed by atoms with Crippen LogP contribution in [0.4, 0.5) is 26.3 Å². The molecule has 0 amide bonds. The fourth-order valence-corrected chi connectivity index (χ4v) is 2.23. The molecule has 0 saturated carbocycles. The van der Waals surface area contributed by atoms with Gasteiger partial charge in [-0.05, 0) is 11.6 Å². The second kappa shape index (κ2) is 7.06. The van der Waals surface area contributed by atoms with Crippen molar-refractivity contribution in [2.75, 3.05) is 0 Å². The van der Waals surface area contributed by atoms with Gasteiger partial charge in [-0.2, -0.15) is 31.3 Å². The Kier molecular flexibility index (Phi) is 4.92. The van der Waals surface area contributed by atoms with E-state index in [1.54, 1.807) is 12.1 Å². The second-order valence-corrected chi connectivity index (χ2v) is 5.63.